The highest BCUT2D eigenvalue weighted by molar-refractivity contribution is 7.10. The minimum atomic E-state index is 0.682. The van der Waals surface area contributed by atoms with Crippen LogP contribution in [0.15, 0.2) is 11.4 Å². The van der Waals surface area contributed by atoms with Crippen molar-refractivity contribution in [2.24, 2.45) is 23.2 Å². The number of nitrogens with one attached hydrogen (secondary N) is 1. The third-order valence-corrected chi connectivity index (χ3v) is 7.66. The third-order valence-electron chi connectivity index (χ3n) is 6.59. The van der Waals surface area contributed by atoms with Crippen LogP contribution < -0.4 is 5.32 Å². The Morgan fingerprint density at radius 1 is 1.05 bits per heavy atom. The number of hydrogen-bond donors (Lipinski definition) is 1. The summed E-state index contributed by atoms with van der Waals surface area (Å²) in [6.07, 6.45) is 9.33. The van der Waals surface area contributed by atoms with Gasteiger partial charge in [-0.3, -0.25) is 0 Å². The van der Waals surface area contributed by atoms with Crippen molar-refractivity contribution in [3.8, 4) is 0 Å². The van der Waals surface area contributed by atoms with Gasteiger partial charge in [0.25, 0.3) is 0 Å². The highest BCUT2D eigenvalue weighted by Crippen LogP contribution is 2.65. The molecule has 4 fully saturated rings. The van der Waals surface area contributed by atoms with E-state index in [4.69, 9.17) is 0 Å². The van der Waals surface area contributed by atoms with Gasteiger partial charge in [0.15, 0.2) is 0 Å². The largest absolute Gasteiger partial charge is 0.312 e. The monoisotopic (exact) mass is 273 g/mol. The predicted octanol–water partition coefficient (Wildman–Crippen LogP) is 4.15. The molecule has 0 aromatic carbocycles. The third kappa shape index (κ3) is 1.56. The summed E-state index contributed by atoms with van der Waals surface area (Å²) in [5, 5.41) is 6.03. The molecular formula is C17H23NS. The Morgan fingerprint density at radius 3 is 2.42 bits per heavy atom. The van der Waals surface area contributed by atoms with Crippen LogP contribution in [0.3, 0.4) is 0 Å². The first-order chi connectivity index (χ1) is 9.32. The molecule has 2 heteroatoms. The van der Waals surface area contributed by atoms with Crippen LogP contribution in [0.2, 0.25) is 0 Å². The Morgan fingerprint density at radius 2 is 1.74 bits per heavy atom. The molecule has 0 amide bonds. The summed E-state index contributed by atoms with van der Waals surface area (Å²) in [6.45, 7) is 2.36. The van der Waals surface area contributed by atoms with Gasteiger partial charge in [-0.2, -0.15) is 0 Å². The zero-order valence-electron chi connectivity index (χ0n) is 11.5. The fourth-order valence-electron chi connectivity index (χ4n) is 6.34. The second-order valence-electron chi connectivity index (χ2n) is 7.77. The summed E-state index contributed by atoms with van der Waals surface area (Å²) in [4.78, 5) is 1.75. The number of hydrogen-bond acceptors (Lipinski definition) is 2. The van der Waals surface area contributed by atoms with E-state index in [2.05, 4.69) is 16.8 Å². The zero-order chi connectivity index (χ0) is 12.4. The van der Waals surface area contributed by atoms with Crippen LogP contribution in [-0.2, 0) is 6.54 Å². The molecule has 0 saturated heterocycles. The smallest absolute Gasteiger partial charge is 0.0216 e. The molecular weight excluding hydrogens is 250 g/mol. The molecule has 19 heavy (non-hydrogen) atoms. The van der Waals surface area contributed by atoms with Crippen LogP contribution in [0.1, 0.15) is 54.9 Å². The molecule has 4 aliphatic carbocycles. The van der Waals surface area contributed by atoms with Gasteiger partial charge in [0.1, 0.15) is 0 Å². The molecule has 1 nitrogen and oxygen atoms in total. The molecule has 102 valence electrons. The minimum Gasteiger partial charge on any atom is -0.312 e. The lowest BCUT2D eigenvalue weighted by molar-refractivity contribution is -0.0688. The molecule has 1 unspecified atom stereocenters. The average Bonchev–Trinajstić information content (AvgIpc) is 2.84. The molecule has 1 atom stereocenters. The van der Waals surface area contributed by atoms with Crippen molar-refractivity contribution in [3.63, 3.8) is 0 Å². The predicted molar refractivity (Wildman–Crippen MR) is 79.4 cm³/mol. The quantitative estimate of drug-likeness (QED) is 0.810. The summed E-state index contributed by atoms with van der Waals surface area (Å²) in [7, 11) is 0. The lowest BCUT2D eigenvalue weighted by atomic mass is 9.46. The van der Waals surface area contributed by atoms with Crippen molar-refractivity contribution in [3.05, 3.63) is 21.9 Å². The first-order valence-corrected chi connectivity index (χ1v) is 8.97. The zero-order valence-corrected chi connectivity index (χ0v) is 12.3. The standard InChI is InChI=1S/C17H23NS/c1-2-19-16-14(1)9-18-10-15(16)17-6-11-3-12(7-17)5-13(4-11)8-17/h1-2,11-13,15,18H,3-10H2. The molecule has 0 radical (unpaired) electrons. The van der Waals surface area contributed by atoms with Gasteiger partial charge in [-0.15, -0.1) is 11.3 Å². The van der Waals surface area contributed by atoms with Crippen LogP contribution >= 0.6 is 11.3 Å². The summed E-state index contributed by atoms with van der Waals surface area (Å²) in [5.41, 5.74) is 2.29. The van der Waals surface area contributed by atoms with Gasteiger partial charge in [-0.25, -0.2) is 0 Å². The number of rotatable bonds is 1. The van der Waals surface area contributed by atoms with E-state index in [1.165, 1.54) is 6.54 Å². The molecule has 1 aromatic heterocycles. The van der Waals surface area contributed by atoms with E-state index in [0.717, 1.165) is 30.2 Å². The molecule has 1 N–H and O–H groups in total. The Bertz CT molecular complexity index is 468. The van der Waals surface area contributed by atoms with Gasteiger partial charge in [0.2, 0.25) is 0 Å². The normalized spacial score (nSPS) is 47.4. The fourth-order valence-corrected chi connectivity index (χ4v) is 7.51. The summed E-state index contributed by atoms with van der Waals surface area (Å²) in [5.74, 6) is 4.08. The van der Waals surface area contributed by atoms with E-state index >= 15 is 0 Å². The number of thiophene rings is 1. The van der Waals surface area contributed by atoms with Gasteiger partial charge < -0.3 is 5.32 Å². The maximum Gasteiger partial charge on any atom is 0.0216 e. The lowest BCUT2D eigenvalue weighted by Gasteiger charge is -2.60. The van der Waals surface area contributed by atoms with Crippen molar-refractivity contribution in [1.29, 1.82) is 0 Å². The molecule has 6 rings (SSSR count). The SMILES string of the molecule is c1cc2c(s1)C(C13CC4CC(CC(C4)C1)C3)CNC2. The highest BCUT2D eigenvalue weighted by atomic mass is 32.1. The molecule has 4 saturated carbocycles. The first-order valence-electron chi connectivity index (χ1n) is 8.09. The maximum absolute atomic E-state index is 3.71. The average molecular weight is 273 g/mol. The minimum absolute atomic E-state index is 0.682. The van der Waals surface area contributed by atoms with Gasteiger partial charge in [0, 0.05) is 23.9 Å². The molecule has 5 aliphatic rings. The van der Waals surface area contributed by atoms with Crippen LogP contribution in [0.4, 0.5) is 0 Å². The van der Waals surface area contributed by atoms with E-state index < -0.39 is 0 Å². The van der Waals surface area contributed by atoms with Gasteiger partial charge in [-0.1, -0.05) is 0 Å². The summed E-state index contributed by atoms with van der Waals surface area (Å²) >= 11 is 2.04. The Labute approximate surface area is 119 Å². The Balaban J connectivity index is 1.57. The van der Waals surface area contributed by atoms with Gasteiger partial charge in [0.05, 0.1) is 0 Å². The first kappa shape index (κ1) is 11.3. The summed E-state index contributed by atoms with van der Waals surface area (Å²) < 4.78 is 0. The van der Waals surface area contributed by atoms with Gasteiger partial charge >= 0.3 is 0 Å². The molecule has 4 bridgehead atoms. The van der Waals surface area contributed by atoms with Crippen molar-refractivity contribution in [2.75, 3.05) is 6.54 Å². The lowest BCUT2D eigenvalue weighted by Crippen LogP contribution is -2.51. The fraction of sp³-hybridized carbons (Fsp3) is 0.765. The molecule has 1 aliphatic heterocycles. The van der Waals surface area contributed by atoms with E-state index in [1.54, 1.807) is 49.0 Å². The molecule has 2 heterocycles. The topological polar surface area (TPSA) is 12.0 Å². The Hall–Kier alpha value is -0.340. The highest BCUT2D eigenvalue weighted by Gasteiger charge is 2.55. The van der Waals surface area contributed by atoms with Crippen molar-refractivity contribution >= 4 is 11.3 Å². The van der Waals surface area contributed by atoms with Gasteiger partial charge in [-0.05, 0) is 78.7 Å². The van der Waals surface area contributed by atoms with Crippen LogP contribution in [-0.4, -0.2) is 6.54 Å². The van der Waals surface area contributed by atoms with E-state index in [9.17, 15) is 0 Å². The van der Waals surface area contributed by atoms with Crippen LogP contribution in [0.25, 0.3) is 0 Å². The Kier molecular flexibility index (Phi) is 2.30. The number of fused-ring (bicyclic) bond motifs is 1. The second kappa shape index (κ2) is 3.85. The van der Waals surface area contributed by atoms with Crippen molar-refractivity contribution in [1.82, 2.24) is 5.32 Å². The summed E-state index contributed by atoms with van der Waals surface area (Å²) in [6, 6.07) is 2.36. The molecule has 0 spiro atoms. The molecule has 1 aromatic rings. The van der Waals surface area contributed by atoms with Crippen LogP contribution in [0.5, 0.6) is 0 Å². The van der Waals surface area contributed by atoms with Crippen molar-refractivity contribution in [2.45, 2.75) is 51.0 Å². The van der Waals surface area contributed by atoms with E-state index in [1.807, 2.05) is 11.3 Å². The van der Waals surface area contributed by atoms with Crippen molar-refractivity contribution < 1.29 is 0 Å². The second-order valence-corrected chi connectivity index (χ2v) is 8.72. The van der Waals surface area contributed by atoms with E-state index in [-0.39, 0.29) is 0 Å². The maximum atomic E-state index is 3.71. The van der Waals surface area contributed by atoms with Crippen LogP contribution in [0, 0.1) is 23.2 Å². The van der Waals surface area contributed by atoms with E-state index in [0.29, 0.717) is 5.41 Å².